The Morgan fingerprint density at radius 2 is 1.00 bits per heavy atom. The standard InChI is InChI=1S/C39H59FO5/c1-3-4-25-41-35-17-19-36(20-18-35)42-26-7-5-6-8-27-43-37-21-23-38(24-22-37)45-29-10-9-28-44-34-15-13-32(14-16-34)33-12-11-31(2)39(40)30-33/h11-12,17-20,30,32,34,37-38H,3-10,13-16,21-29H2,1-2H3. The van der Waals surface area contributed by atoms with E-state index in [1.807, 2.05) is 37.3 Å². The van der Waals surface area contributed by atoms with Crippen LogP contribution in [0.5, 0.6) is 11.5 Å². The lowest BCUT2D eigenvalue weighted by atomic mass is 9.82. The molecule has 0 amide bonds. The molecule has 252 valence electrons. The van der Waals surface area contributed by atoms with Crippen molar-refractivity contribution in [2.45, 2.75) is 141 Å². The zero-order valence-corrected chi connectivity index (χ0v) is 28.1. The molecule has 4 rings (SSSR count). The number of hydrogen-bond donors (Lipinski definition) is 0. The normalized spacial score (nSPS) is 21.9. The summed E-state index contributed by atoms with van der Waals surface area (Å²) in [6.45, 7) is 8.03. The van der Waals surface area contributed by atoms with Crippen molar-refractivity contribution in [1.82, 2.24) is 0 Å². The quantitative estimate of drug-likeness (QED) is 0.129. The monoisotopic (exact) mass is 626 g/mol. The van der Waals surface area contributed by atoms with Gasteiger partial charge in [-0.05, 0) is 144 Å². The van der Waals surface area contributed by atoms with E-state index in [2.05, 4.69) is 13.0 Å². The van der Waals surface area contributed by atoms with Crippen LogP contribution in [-0.4, -0.2) is 51.3 Å². The van der Waals surface area contributed by atoms with E-state index >= 15 is 0 Å². The summed E-state index contributed by atoms with van der Waals surface area (Å²) in [6.07, 6.45) is 18.8. The largest absolute Gasteiger partial charge is 0.494 e. The molecule has 0 unspecified atom stereocenters. The summed E-state index contributed by atoms with van der Waals surface area (Å²) in [5, 5.41) is 0. The van der Waals surface area contributed by atoms with E-state index in [1.165, 1.54) is 12.8 Å². The fraction of sp³-hybridized carbons (Fsp3) is 0.692. The Hall–Kier alpha value is -2.15. The van der Waals surface area contributed by atoms with Crippen LogP contribution in [0.3, 0.4) is 0 Å². The third-order valence-corrected chi connectivity index (χ3v) is 9.46. The van der Waals surface area contributed by atoms with Crippen molar-refractivity contribution in [3.63, 3.8) is 0 Å². The molecule has 6 heteroatoms. The number of hydrogen-bond acceptors (Lipinski definition) is 5. The second-order valence-corrected chi connectivity index (χ2v) is 13.1. The van der Waals surface area contributed by atoms with Crippen LogP contribution in [0.25, 0.3) is 0 Å². The van der Waals surface area contributed by atoms with E-state index in [0.29, 0.717) is 24.2 Å². The zero-order valence-electron chi connectivity index (χ0n) is 28.1. The predicted molar refractivity (Wildman–Crippen MR) is 180 cm³/mol. The van der Waals surface area contributed by atoms with Crippen LogP contribution in [0.1, 0.15) is 127 Å². The summed E-state index contributed by atoms with van der Waals surface area (Å²) >= 11 is 0. The molecule has 2 fully saturated rings. The first-order valence-electron chi connectivity index (χ1n) is 18.1. The molecular weight excluding hydrogens is 567 g/mol. The summed E-state index contributed by atoms with van der Waals surface area (Å²) in [6, 6.07) is 13.7. The molecule has 0 bridgehead atoms. The van der Waals surface area contributed by atoms with E-state index < -0.39 is 0 Å². The maximum Gasteiger partial charge on any atom is 0.126 e. The Balaban J connectivity index is 0.910. The van der Waals surface area contributed by atoms with Gasteiger partial charge >= 0.3 is 0 Å². The molecular formula is C39H59FO5. The average Bonchev–Trinajstić information content (AvgIpc) is 3.07. The van der Waals surface area contributed by atoms with Crippen LogP contribution in [-0.2, 0) is 14.2 Å². The molecule has 0 atom stereocenters. The van der Waals surface area contributed by atoms with E-state index in [0.717, 1.165) is 146 Å². The fourth-order valence-corrected chi connectivity index (χ4v) is 6.46. The number of benzene rings is 2. The van der Waals surface area contributed by atoms with Gasteiger partial charge in [-0.25, -0.2) is 4.39 Å². The lowest BCUT2D eigenvalue weighted by Gasteiger charge is -2.29. The zero-order chi connectivity index (χ0) is 31.5. The first-order chi connectivity index (χ1) is 22.1. The molecule has 0 saturated heterocycles. The number of halogens is 1. The summed E-state index contributed by atoms with van der Waals surface area (Å²) in [7, 11) is 0. The van der Waals surface area contributed by atoms with Gasteiger partial charge in [-0.15, -0.1) is 0 Å². The Kier molecular flexibility index (Phi) is 16.6. The highest BCUT2D eigenvalue weighted by Crippen LogP contribution is 2.34. The molecule has 45 heavy (non-hydrogen) atoms. The summed E-state index contributed by atoms with van der Waals surface area (Å²) in [5.41, 5.74) is 1.87. The van der Waals surface area contributed by atoms with Gasteiger partial charge in [0, 0.05) is 19.8 Å². The number of unbranched alkanes of at least 4 members (excludes halogenated alkanes) is 5. The molecule has 2 aliphatic rings. The highest BCUT2D eigenvalue weighted by molar-refractivity contribution is 5.31. The van der Waals surface area contributed by atoms with Crippen LogP contribution in [0, 0.1) is 12.7 Å². The fourth-order valence-electron chi connectivity index (χ4n) is 6.46. The van der Waals surface area contributed by atoms with E-state index in [1.54, 1.807) is 6.07 Å². The molecule has 2 aliphatic carbocycles. The van der Waals surface area contributed by atoms with Crippen molar-refractivity contribution in [3.8, 4) is 11.5 Å². The van der Waals surface area contributed by atoms with Crippen molar-refractivity contribution in [3.05, 3.63) is 59.4 Å². The molecule has 2 saturated carbocycles. The molecule has 0 radical (unpaired) electrons. The molecule has 5 nitrogen and oxygen atoms in total. The molecule has 0 heterocycles. The SMILES string of the molecule is CCCCOc1ccc(OCCCCCCOC2CCC(OCCCCOC3CCC(c4ccc(C)c(F)c4)CC3)CC2)cc1. The van der Waals surface area contributed by atoms with Crippen LogP contribution in [0.2, 0.25) is 0 Å². The second kappa shape index (κ2) is 20.9. The van der Waals surface area contributed by atoms with E-state index in [-0.39, 0.29) is 5.82 Å². The van der Waals surface area contributed by atoms with Crippen LogP contribution in [0.4, 0.5) is 4.39 Å². The van der Waals surface area contributed by atoms with Gasteiger partial charge in [-0.3, -0.25) is 0 Å². The molecule has 0 aliphatic heterocycles. The van der Waals surface area contributed by atoms with Gasteiger partial charge < -0.3 is 23.7 Å². The maximum absolute atomic E-state index is 13.9. The average molecular weight is 627 g/mol. The van der Waals surface area contributed by atoms with Crippen molar-refractivity contribution in [2.24, 2.45) is 0 Å². The van der Waals surface area contributed by atoms with Gasteiger partial charge in [0.1, 0.15) is 17.3 Å². The molecule has 0 N–H and O–H groups in total. The first-order valence-corrected chi connectivity index (χ1v) is 18.1. The van der Waals surface area contributed by atoms with Gasteiger partial charge in [0.25, 0.3) is 0 Å². The molecule has 0 aromatic heterocycles. The minimum atomic E-state index is -0.0823. The van der Waals surface area contributed by atoms with Gasteiger partial charge in [0.05, 0.1) is 31.5 Å². The van der Waals surface area contributed by atoms with Gasteiger partial charge in [-0.1, -0.05) is 31.9 Å². The minimum absolute atomic E-state index is 0.0823. The predicted octanol–water partition coefficient (Wildman–Crippen LogP) is 10.1. The first kappa shape index (κ1) is 35.7. The third-order valence-electron chi connectivity index (χ3n) is 9.46. The van der Waals surface area contributed by atoms with E-state index in [9.17, 15) is 4.39 Å². The summed E-state index contributed by atoms with van der Waals surface area (Å²) in [5.74, 6) is 2.22. The Labute approximate surface area is 272 Å². The lowest BCUT2D eigenvalue weighted by Crippen LogP contribution is -2.27. The number of aryl methyl sites for hydroxylation is 1. The lowest BCUT2D eigenvalue weighted by molar-refractivity contribution is -0.0349. The van der Waals surface area contributed by atoms with E-state index in [4.69, 9.17) is 23.7 Å². The van der Waals surface area contributed by atoms with Gasteiger partial charge in [0.2, 0.25) is 0 Å². The smallest absolute Gasteiger partial charge is 0.126 e. The highest BCUT2D eigenvalue weighted by Gasteiger charge is 2.24. The number of ether oxygens (including phenoxy) is 5. The Morgan fingerprint density at radius 1 is 0.556 bits per heavy atom. The van der Waals surface area contributed by atoms with Crippen LogP contribution in [0.15, 0.2) is 42.5 Å². The van der Waals surface area contributed by atoms with Gasteiger partial charge in [-0.2, -0.15) is 0 Å². The van der Waals surface area contributed by atoms with Crippen molar-refractivity contribution in [1.29, 1.82) is 0 Å². The third kappa shape index (κ3) is 13.6. The van der Waals surface area contributed by atoms with Crippen LogP contribution >= 0.6 is 0 Å². The van der Waals surface area contributed by atoms with Crippen molar-refractivity contribution < 1.29 is 28.1 Å². The molecule has 2 aromatic carbocycles. The highest BCUT2D eigenvalue weighted by atomic mass is 19.1. The minimum Gasteiger partial charge on any atom is -0.494 e. The summed E-state index contributed by atoms with van der Waals surface area (Å²) < 4.78 is 44.0. The van der Waals surface area contributed by atoms with Crippen LogP contribution < -0.4 is 9.47 Å². The Morgan fingerprint density at radius 3 is 1.49 bits per heavy atom. The Bertz CT molecular complexity index is 1040. The van der Waals surface area contributed by atoms with Crippen molar-refractivity contribution in [2.75, 3.05) is 33.0 Å². The molecule has 2 aromatic rings. The summed E-state index contributed by atoms with van der Waals surface area (Å²) in [4.78, 5) is 0. The molecule has 0 spiro atoms. The maximum atomic E-state index is 13.9. The topological polar surface area (TPSA) is 46.2 Å². The van der Waals surface area contributed by atoms with Crippen molar-refractivity contribution >= 4 is 0 Å². The second-order valence-electron chi connectivity index (χ2n) is 13.1. The number of rotatable bonds is 21. The van der Waals surface area contributed by atoms with Gasteiger partial charge in [0.15, 0.2) is 0 Å².